The fourth-order valence-corrected chi connectivity index (χ4v) is 7.53. The number of allylic oxidation sites excluding steroid dienone is 2. The first-order chi connectivity index (χ1) is 28.3. The van der Waals surface area contributed by atoms with Gasteiger partial charge in [0, 0.05) is 82.2 Å². The SMILES string of the molecule is O=C(O)CCC1=C(CC(=O)O)c2cc3[nH+]c(cc4[nH]c(cc5[nH]c(cc1[nH+]2)c(CC(=O)O)c5CCC(=O)O)c(CCC(=O)O)c4CC(=O)O)C(CC(=O)O)=C3CCC(=O)O. The van der Waals surface area contributed by atoms with E-state index >= 15 is 0 Å². The summed E-state index contributed by atoms with van der Waals surface area (Å²) in [5, 5.41) is 78.7. The van der Waals surface area contributed by atoms with E-state index in [1.54, 1.807) is 0 Å². The maximum atomic E-state index is 12.3. The largest absolute Gasteiger partial charge is 0.481 e. The van der Waals surface area contributed by atoms with Crippen molar-refractivity contribution < 1.29 is 89.2 Å². The lowest BCUT2D eigenvalue weighted by Gasteiger charge is -2.03. The minimum atomic E-state index is -1.32. The van der Waals surface area contributed by atoms with Crippen LogP contribution in [0.1, 0.15) is 96.4 Å². The molecule has 3 aromatic rings. The average Bonchev–Trinajstić information content (AvgIpc) is 3.81. The molecule has 0 unspecified atom stereocenters. The van der Waals surface area contributed by atoms with Crippen molar-refractivity contribution in [3.05, 3.63) is 69.3 Å². The number of carboxylic acids is 8. The Morgan fingerprint density at radius 1 is 0.350 bits per heavy atom. The summed E-state index contributed by atoms with van der Waals surface area (Å²) < 4.78 is 0. The average molecular weight is 833 g/mol. The molecule has 20 heteroatoms. The van der Waals surface area contributed by atoms with Gasteiger partial charge in [-0.05, 0) is 54.0 Å². The molecule has 0 radical (unpaired) electrons. The van der Waals surface area contributed by atoms with Gasteiger partial charge in [0.05, 0.1) is 31.7 Å². The molecule has 3 aromatic heterocycles. The highest BCUT2D eigenvalue weighted by Crippen LogP contribution is 2.38. The molecular weight excluding hydrogens is 792 g/mol. The van der Waals surface area contributed by atoms with E-state index < -0.39 is 99.1 Å². The summed E-state index contributed by atoms with van der Waals surface area (Å²) in [5.74, 6) is -10.2. The van der Waals surface area contributed by atoms with Crippen LogP contribution in [0.15, 0.2) is 24.3 Å². The molecule has 0 spiro atoms. The van der Waals surface area contributed by atoms with Gasteiger partial charge in [-0.3, -0.25) is 38.4 Å². The number of H-pyrrole nitrogens is 4. The number of aryl methyl sites for hydroxylation is 2. The van der Waals surface area contributed by atoms with E-state index in [2.05, 4.69) is 19.9 Å². The Labute approximate surface area is 337 Å². The number of carboxylic acid groups (broad SMARTS) is 8. The Balaban J connectivity index is 2.09. The number of aliphatic carboxylic acids is 8. The predicted octanol–water partition coefficient (Wildman–Crippen LogP) is 2.94. The van der Waals surface area contributed by atoms with Crippen LogP contribution in [0, 0.1) is 0 Å². The first kappa shape index (κ1) is 43.5. The number of nitrogens with one attached hydrogen (secondary N) is 4. The monoisotopic (exact) mass is 832 g/mol. The van der Waals surface area contributed by atoms with Crippen LogP contribution in [0.3, 0.4) is 0 Å². The van der Waals surface area contributed by atoms with E-state index in [1.165, 1.54) is 24.3 Å². The Hall–Kier alpha value is -7.64. The molecule has 2 aliphatic rings. The lowest BCUT2D eigenvalue weighted by Crippen LogP contribution is -2.12. The van der Waals surface area contributed by atoms with Crippen molar-refractivity contribution in [1.82, 2.24) is 9.97 Å². The molecule has 12 N–H and O–H groups in total. The Kier molecular flexibility index (Phi) is 13.3. The van der Waals surface area contributed by atoms with Crippen LogP contribution in [-0.4, -0.2) is 98.6 Å². The maximum absolute atomic E-state index is 12.3. The number of fused-ring (bicyclic) bond motifs is 8. The molecule has 0 aliphatic carbocycles. The van der Waals surface area contributed by atoms with Gasteiger partial charge in [-0.2, -0.15) is 0 Å². The van der Waals surface area contributed by atoms with Gasteiger partial charge >= 0.3 is 47.8 Å². The van der Waals surface area contributed by atoms with Crippen molar-refractivity contribution >= 4 is 92.1 Å². The number of rotatable bonds is 20. The second-order valence-corrected chi connectivity index (χ2v) is 14.1. The van der Waals surface area contributed by atoms with Crippen LogP contribution in [0.2, 0.25) is 0 Å². The van der Waals surface area contributed by atoms with Crippen LogP contribution in [0.4, 0.5) is 0 Å². The molecule has 5 heterocycles. The summed E-state index contributed by atoms with van der Waals surface area (Å²) >= 11 is 0. The third kappa shape index (κ3) is 10.4. The van der Waals surface area contributed by atoms with E-state index in [0.29, 0.717) is 0 Å². The summed E-state index contributed by atoms with van der Waals surface area (Å²) in [6.45, 7) is 0. The Morgan fingerprint density at radius 3 is 1.00 bits per heavy atom. The van der Waals surface area contributed by atoms with Gasteiger partial charge in [0.1, 0.15) is 0 Å². The lowest BCUT2D eigenvalue weighted by atomic mass is 9.95. The molecule has 0 fully saturated rings. The second kappa shape index (κ2) is 18.3. The smallest absolute Gasteiger partial charge is 0.308 e. The summed E-state index contributed by atoms with van der Waals surface area (Å²) in [7, 11) is 0. The summed E-state index contributed by atoms with van der Waals surface area (Å²) in [4.78, 5) is 109. The molecule has 0 atom stereocenters. The van der Waals surface area contributed by atoms with Gasteiger partial charge in [-0.25, -0.2) is 9.97 Å². The molecule has 314 valence electrons. The summed E-state index contributed by atoms with van der Waals surface area (Å²) in [6, 6.07) is 5.66. The van der Waals surface area contributed by atoms with Crippen molar-refractivity contribution in [2.75, 3.05) is 0 Å². The molecule has 60 heavy (non-hydrogen) atoms. The minimum Gasteiger partial charge on any atom is -0.481 e. The van der Waals surface area contributed by atoms with Crippen molar-refractivity contribution in [2.45, 2.75) is 77.0 Å². The second-order valence-electron chi connectivity index (χ2n) is 14.1. The zero-order valence-corrected chi connectivity index (χ0v) is 31.6. The van der Waals surface area contributed by atoms with Crippen LogP contribution in [0.5, 0.6) is 0 Å². The number of carbonyl (C=O) groups is 8. The van der Waals surface area contributed by atoms with E-state index in [4.69, 9.17) is 0 Å². The van der Waals surface area contributed by atoms with Crippen LogP contribution in [0.25, 0.3) is 44.4 Å². The van der Waals surface area contributed by atoms with Crippen LogP contribution in [-0.2, 0) is 64.0 Å². The molecule has 0 amide bonds. The molecule has 0 saturated heterocycles. The van der Waals surface area contributed by atoms with Gasteiger partial charge in [0.15, 0.2) is 0 Å². The topological polar surface area (TPSA) is 358 Å². The van der Waals surface area contributed by atoms with E-state index in [0.717, 1.165) is 0 Å². The predicted molar refractivity (Wildman–Crippen MR) is 205 cm³/mol. The first-order valence-electron chi connectivity index (χ1n) is 18.4. The highest BCUT2D eigenvalue weighted by atomic mass is 16.4. The highest BCUT2D eigenvalue weighted by molar-refractivity contribution is 6.00. The Bertz CT molecular complexity index is 2590. The van der Waals surface area contributed by atoms with Gasteiger partial charge in [-0.1, -0.05) is 0 Å². The van der Waals surface area contributed by atoms with Crippen molar-refractivity contribution in [1.29, 1.82) is 0 Å². The van der Waals surface area contributed by atoms with Gasteiger partial charge in [0.2, 0.25) is 22.8 Å². The molecule has 20 nitrogen and oxygen atoms in total. The Morgan fingerprint density at radius 2 is 0.650 bits per heavy atom. The zero-order valence-electron chi connectivity index (χ0n) is 31.6. The lowest BCUT2D eigenvalue weighted by molar-refractivity contribution is -0.389. The first-order valence-corrected chi connectivity index (χ1v) is 18.4. The number of hydrogen-bond donors (Lipinski definition) is 10. The van der Waals surface area contributed by atoms with Gasteiger partial charge in [-0.15, -0.1) is 0 Å². The van der Waals surface area contributed by atoms with Crippen LogP contribution < -0.4 is 9.97 Å². The summed E-state index contributed by atoms with van der Waals surface area (Å²) in [6.07, 6.45) is -5.41. The summed E-state index contributed by atoms with van der Waals surface area (Å²) in [5.41, 5.74) is 2.19. The van der Waals surface area contributed by atoms with E-state index in [1.807, 2.05) is 0 Å². The normalized spacial score (nSPS) is 12.4. The minimum absolute atomic E-state index is 0.0811. The number of hydrogen-bond acceptors (Lipinski definition) is 8. The van der Waals surface area contributed by atoms with E-state index in [-0.39, 0.29) is 115 Å². The number of aromatic nitrogens is 4. The fraction of sp³-hybridized carbons (Fsp3) is 0.300. The molecule has 8 bridgehead atoms. The molecule has 0 saturated carbocycles. The third-order valence-corrected chi connectivity index (χ3v) is 9.96. The van der Waals surface area contributed by atoms with Gasteiger partial charge < -0.3 is 50.8 Å². The maximum Gasteiger partial charge on any atom is 0.308 e. The third-order valence-electron chi connectivity index (χ3n) is 9.96. The molecule has 2 aliphatic heterocycles. The van der Waals surface area contributed by atoms with Gasteiger partial charge in [0.25, 0.3) is 0 Å². The van der Waals surface area contributed by atoms with E-state index in [9.17, 15) is 79.2 Å². The zero-order chi connectivity index (χ0) is 44.0. The number of aromatic amines is 4. The van der Waals surface area contributed by atoms with Crippen molar-refractivity contribution in [2.24, 2.45) is 0 Å². The highest BCUT2D eigenvalue weighted by Gasteiger charge is 2.34. The fourth-order valence-electron chi connectivity index (χ4n) is 7.53. The molecule has 5 rings (SSSR count). The molecule has 0 aromatic carbocycles. The quantitative estimate of drug-likeness (QED) is 0.0782. The molecular formula is C40H40N4O16+2. The van der Waals surface area contributed by atoms with Crippen LogP contribution >= 0.6 is 0 Å². The standard InChI is InChI=1S/C40H38N4O16/c45-33(46)5-1-17-21(9-37(53)54)29-14-27-19(3-7-35(49)50)22(10-38(55)56)30(43-27)15-28-20(4-8-36(51)52)24(12-40(59)60)32(44-28)16-31-23(11-39(57)58)18(2-6-34(47)48)26(42-31)13-25(17)41-29/h13-16,41-42H,1-12H2,(H,45,46)(H,47,48)(H,49,50)(H,51,52)(H,53,54)(H,55,56)(H,57,58)(H,59,60)/p+2. The van der Waals surface area contributed by atoms with Crippen molar-refractivity contribution in [3.8, 4) is 0 Å². The van der Waals surface area contributed by atoms with Crippen molar-refractivity contribution in [3.63, 3.8) is 0 Å².